The zero-order chi connectivity index (χ0) is 19.2. The van der Waals surface area contributed by atoms with Crippen LogP contribution in [0.5, 0.6) is 5.75 Å². The van der Waals surface area contributed by atoms with Gasteiger partial charge in [-0.1, -0.05) is 19.1 Å². The number of nitrogens with one attached hydrogen (secondary N) is 1. The Morgan fingerprint density at radius 2 is 1.88 bits per heavy atom. The second-order valence-electron chi connectivity index (χ2n) is 5.59. The van der Waals surface area contributed by atoms with E-state index in [0.717, 1.165) is 35.9 Å². The average molecular weight is 381 g/mol. The van der Waals surface area contributed by atoms with E-state index in [1.807, 2.05) is 19.1 Å². The summed E-state index contributed by atoms with van der Waals surface area (Å²) in [5, 5.41) is 8.92. The van der Waals surface area contributed by atoms with Crippen molar-refractivity contribution >= 4 is 16.0 Å². The van der Waals surface area contributed by atoms with E-state index in [0.29, 0.717) is 13.0 Å². The standard InChI is InChI=1S/C18H20FNO5S/c1-2-11-25-15-6-3-13(4-7-15)9-10-20-26(23,24)17-12-14(18(21)22)5-8-16(17)19/h3-8,12,20H,2,9-11H2,1H3,(H,21,22). The van der Waals surface area contributed by atoms with Gasteiger partial charge >= 0.3 is 5.97 Å². The SMILES string of the molecule is CCCOc1ccc(CCNS(=O)(=O)c2cc(C(=O)O)ccc2F)cc1. The van der Waals surface area contributed by atoms with Crippen molar-refractivity contribution in [2.75, 3.05) is 13.2 Å². The van der Waals surface area contributed by atoms with Gasteiger partial charge in [-0.2, -0.15) is 0 Å². The van der Waals surface area contributed by atoms with Crippen LogP contribution in [0.25, 0.3) is 0 Å². The molecule has 0 amide bonds. The molecule has 0 spiro atoms. The lowest BCUT2D eigenvalue weighted by molar-refractivity contribution is 0.0696. The number of rotatable bonds is 9. The van der Waals surface area contributed by atoms with Gasteiger partial charge in [-0.3, -0.25) is 0 Å². The minimum Gasteiger partial charge on any atom is -0.494 e. The predicted molar refractivity (Wildman–Crippen MR) is 94.5 cm³/mol. The molecule has 0 aliphatic heterocycles. The number of aromatic carboxylic acids is 1. The molecule has 0 fully saturated rings. The maximum atomic E-state index is 13.8. The van der Waals surface area contributed by atoms with Gasteiger partial charge in [0.25, 0.3) is 0 Å². The Morgan fingerprint density at radius 1 is 1.19 bits per heavy atom. The highest BCUT2D eigenvalue weighted by atomic mass is 32.2. The van der Waals surface area contributed by atoms with Crippen molar-refractivity contribution in [3.63, 3.8) is 0 Å². The molecule has 0 saturated carbocycles. The fourth-order valence-corrected chi connectivity index (χ4v) is 3.36. The Hall–Kier alpha value is -2.45. The van der Waals surface area contributed by atoms with Crippen molar-refractivity contribution in [1.29, 1.82) is 0 Å². The van der Waals surface area contributed by atoms with Crippen molar-refractivity contribution in [2.45, 2.75) is 24.7 Å². The monoisotopic (exact) mass is 381 g/mol. The molecule has 140 valence electrons. The Balaban J connectivity index is 2.00. The minimum absolute atomic E-state index is 0.0498. The second-order valence-corrected chi connectivity index (χ2v) is 7.33. The normalized spacial score (nSPS) is 11.3. The molecular formula is C18H20FNO5S. The zero-order valence-corrected chi connectivity index (χ0v) is 15.1. The van der Waals surface area contributed by atoms with Gasteiger partial charge in [0, 0.05) is 6.54 Å². The van der Waals surface area contributed by atoms with E-state index in [2.05, 4.69) is 4.72 Å². The van der Waals surface area contributed by atoms with E-state index in [-0.39, 0.29) is 12.1 Å². The second kappa shape index (κ2) is 8.77. The topological polar surface area (TPSA) is 92.7 Å². The van der Waals surface area contributed by atoms with E-state index < -0.39 is 26.7 Å². The van der Waals surface area contributed by atoms with Crippen LogP contribution in [-0.2, 0) is 16.4 Å². The number of carboxylic acid groups (broad SMARTS) is 1. The van der Waals surface area contributed by atoms with Crippen LogP contribution in [-0.4, -0.2) is 32.6 Å². The maximum absolute atomic E-state index is 13.8. The predicted octanol–water partition coefficient (Wildman–Crippen LogP) is 2.83. The number of carboxylic acids is 1. The van der Waals surface area contributed by atoms with Crippen molar-refractivity contribution < 1.29 is 27.4 Å². The lowest BCUT2D eigenvalue weighted by Gasteiger charge is -2.09. The summed E-state index contributed by atoms with van der Waals surface area (Å²) in [4.78, 5) is 10.3. The number of hydrogen-bond donors (Lipinski definition) is 2. The third kappa shape index (κ3) is 5.27. The van der Waals surface area contributed by atoms with E-state index in [9.17, 15) is 17.6 Å². The van der Waals surface area contributed by atoms with E-state index >= 15 is 0 Å². The summed E-state index contributed by atoms with van der Waals surface area (Å²) in [6.45, 7) is 2.68. The molecule has 0 aliphatic rings. The molecule has 0 atom stereocenters. The van der Waals surface area contributed by atoms with E-state index in [1.165, 1.54) is 0 Å². The van der Waals surface area contributed by atoms with Gasteiger partial charge in [-0.25, -0.2) is 22.3 Å². The van der Waals surface area contributed by atoms with Crippen LogP contribution < -0.4 is 9.46 Å². The summed E-state index contributed by atoms with van der Waals surface area (Å²) < 4.78 is 46.0. The molecule has 0 saturated heterocycles. The molecular weight excluding hydrogens is 361 g/mol. The molecule has 0 aromatic heterocycles. The first-order valence-electron chi connectivity index (χ1n) is 8.07. The van der Waals surface area contributed by atoms with Gasteiger partial charge in [0.05, 0.1) is 12.2 Å². The number of hydrogen-bond acceptors (Lipinski definition) is 4. The maximum Gasteiger partial charge on any atom is 0.335 e. The first kappa shape index (κ1) is 19.9. The highest BCUT2D eigenvalue weighted by Crippen LogP contribution is 2.17. The lowest BCUT2D eigenvalue weighted by Crippen LogP contribution is -2.27. The molecule has 2 aromatic rings. The van der Waals surface area contributed by atoms with Gasteiger partial charge in [0.15, 0.2) is 0 Å². The lowest BCUT2D eigenvalue weighted by atomic mass is 10.1. The third-order valence-corrected chi connectivity index (χ3v) is 5.05. The Bertz CT molecular complexity index is 866. The minimum atomic E-state index is -4.15. The van der Waals surface area contributed by atoms with Crippen LogP contribution in [0.1, 0.15) is 29.3 Å². The summed E-state index contributed by atoms with van der Waals surface area (Å²) in [5.41, 5.74) is 0.589. The number of ether oxygens (including phenoxy) is 1. The third-order valence-electron chi connectivity index (χ3n) is 3.57. The van der Waals surface area contributed by atoms with E-state index in [4.69, 9.17) is 9.84 Å². The fraction of sp³-hybridized carbons (Fsp3) is 0.278. The Morgan fingerprint density at radius 3 is 2.50 bits per heavy atom. The summed E-state index contributed by atoms with van der Waals surface area (Å²) >= 11 is 0. The van der Waals surface area contributed by atoms with Gasteiger partial charge in [0.1, 0.15) is 16.5 Å². The quantitative estimate of drug-likeness (QED) is 0.697. The Kier molecular flexibility index (Phi) is 6.70. The van der Waals surface area contributed by atoms with E-state index in [1.54, 1.807) is 12.1 Å². The molecule has 2 N–H and O–H groups in total. The Labute approximate surface area is 151 Å². The molecule has 0 aliphatic carbocycles. The van der Waals surface area contributed by atoms with Crippen LogP contribution in [0.2, 0.25) is 0 Å². The van der Waals surface area contributed by atoms with Gasteiger partial charge in [-0.05, 0) is 48.7 Å². The number of carbonyl (C=O) groups is 1. The first-order valence-corrected chi connectivity index (χ1v) is 9.56. The fourth-order valence-electron chi connectivity index (χ4n) is 2.22. The van der Waals surface area contributed by atoms with Crippen molar-refractivity contribution in [3.8, 4) is 5.75 Å². The summed E-state index contributed by atoms with van der Waals surface area (Å²) in [6, 6.07) is 9.90. The summed E-state index contributed by atoms with van der Waals surface area (Å²) in [7, 11) is -4.15. The van der Waals surface area contributed by atoms with Crippen LogP contribution in [0.3, 0.4) is 0 Å². The van der Waals surface area contributed by atoms with Crippen molar-refractivity contribution in [2.24, 2.45) is 0 Å². The van der Waals surface area contributed by atoms with Crippen molar-refractivity contribution in [1.82, 2.24) is 4.72 Å². The largest absolute Gasteiger partial charge is 0.494 e. The summed E-state index contributed by atoms with van der Waals surface area (Å²) in [6.07, 6.45) is 1.30. The van der Waals surface area contributed by atoms with Crippen LogP contribution >= 0.6 is 0 Å². The first-order chi connectivity index (χ1) is 12.3. The van der Waals surface area contributed by atoms with Gasteiger partial charge < -0.3 is 9.84 Å². The molecule has 2 rings (SSSR count). The molecule has 0 unspecified atom stereocenters. The molecule has 6 nitrogen and oxygen atoms in total. The molecule has 0 bridgehead atoms. The van der Waals surface area contributed by atoms with Gasteiger partial charge in [0.2, 0.25) is 10.0 Å². The smallest absolute Gasteiger partial charge is 0.335 e. The molecule has 0 radical (unpaired) electrons. The molecule has 0 heterocycles. The molecule has 2 aromatic carbocycles. The highest BCUT2D eigenvalue weighted by molar-refractivity contribution is 7.89. The van der Waals surface area contributed by atoms with Crippen LogP contribution in [0.15, 0.2) is 47.4 Å². The summed E-state index contributed by atoms with van der Waals surface area (Å²) in [5.74, 6) is -1.59. The highest BCUT2D eigenvalue weighted by Gasteiger charge is 2.20. The van der Waals surface area contributed by atoms with Gasteiger partial charge in [-0.15, -0.1) is 0 Å². The van der Waals surface area contributed by atoms with Crippen molar-refractivity contribution in [3.05, 3.63) is 59.4 Å². The van der Waals surface area contributed by atoms with Crippen LogP contribution in [0, 0.1) is 5.82 Å². The molecule has 8 heteroatoms. The number of sulfonamides is 1. The zero-order valence-electron chi connectivity index (χ0n) is 14.2. The molecule has 26 heavy (non-hydrogen) atoms. The average Bonchev–Trinajstić information content (AvgIpc) is 2.61. The van der Waals surface area contributed by atoms with Crippen LogP contribution in [0.4, 0.5) is 4.39 Å². The number of halogens is 1. The number of benzene rings is 2.